The predicted octanol–water partition coefficient (Wildman–Crippen LogP) is 2.56. The van der Waals surface area contributed by atoms with Crippen molar-refractivity contribution in [1.82, 2.24) is 10.2 Å². The zero-order chi connectivity index (χ0) is 15.0. The molecular formula is C14H28N2O3. The van der Waals surface area contributed by atoms with Gasteiger partial charge in [0.05, 0.1) is 5.92 Å². The first kappa shape index (κ1) is 17.7. The van der Waals surface area contributed by atoms with E-state index in [1.165, 1.54) is 0 Å². The van der Waals surface area contributed by atoms with Crippen LogP contribution in [0.15, 0.2) is 0 Å². The van der Waals surface area contributed by atoms with Crippen LogP contribution >= 0.6 is 0 Å². The molecule has 19 heavy (non-hydrogen) atoms. The Labute approximate surface area is 116 Å². The molecule has 2 amide bonds. The van der Waals surface area contributed by atoms with Crippen molar-refractivity contribution in [3.63, 3.8) is 0 Å². The van der Waals surface area contributed by atoms with Gasteiger partial charge in [0, 0.05) is 19.6 Å². The normalized spacial score (nSPS) is 14.0. The van der Waals surface area contributed by atoms with Crippen LogP contribution in [-0.2, 0) is 4.79 Å². The fraction of sp³-hybridized carbons (Fsp3) is 0.857. The summed E-state index contributed by atoms with van der Waals surface area (Å²) in [4.78, 5) is 24.2. The number of hydrogen-bond donors (Lipinski definition) is 2. The zero-order valence-electron chi connectivity index (χ0n) is 12.8. The Kier molecular flexibility index (Phi) is 8.19. The van der Waals surface area contributed by atoms with Gasteiger partial charge in [-0.1, -0.05) is 27.2 Å². The Bertz CT molecular complexity index is 292. The highest BCUT2D eigenvalue weighted by molar-refractivity contribution is 5.74. The van der Waals surface area contributed by atoms with Crippen LogP contribution in [0.3, 0.4) is 0 Å². The van der Waals surface area contributed by atoms with Gasteiger partial charge in [-0.15, -0.1) is 0 Å². The average molecular weight is 272 g/mol. The molecule has 0 aliphatic carbocycles. The molecule has 0 aromatic heterocycles. The summed E-state index contributed by atoms with van der Waals surface area (Å²) >= 11 is 0. The maximum atomic E-state index is 11.8. The summed E-state index contributed by atoms with van der Waals surface area (Å²) in [5.74, 6) is -0.623. The number of carboxylic acids is 1. The van der Waals surface area contributed by atoms with Crippen LogP contribution in [0.2, 0.25) is 0 Å². The van der Waals surface area contributed by atoms with Crippen LogP contribution < -0.4 is 5.32 Å². The second-order valence-corrected chi connectivity index (χ2v) is 5.80. The van der Waals surface area contributed by atoms with E-state index in [-0.39, 0.29) is 18.0 Å². The minimum Gasteiger partial charge on any atom is -0.481 e. The van der Waals surface area contributed by atoms with Crippen molar-refractivity contribution in [2.24, 2.45) is 11.8 Å². The van der Waals surface area contributed by atoms with Crippen molar-refractivity contribution in [2.45, 2.75) is 53.0 Å². The van der Waals surface area contributed by atoms with Crippen LogP contribution in [-0.4, -0.2) is 41.6 Å². The lowest BCUT2D eigenvalue weighted by Gasteiger charge is -2.23. The van der Waals surface area contributed by atoms with Crippen LogP contribution in [0, 0.1) is 11.8 Å². The SMILES string of the molecule is CC(C)CN(C)C(=O)NC(C)CCCC(C)C(=O)O. The quantitative estimate of drug-likeness (QED) is 0.713. The second kappa shape index (κ2) is 8.77. The Morgan fingerprint density at radius 2 is 1.74 bits per heavy atom. The Morgan fingerprint density at radius 3 is 2.21 bits per heavy atom. The molecule has 2 unspecified atom stereocenters. The van der Waals surface area contributed by atoms with E-state index < -0.39 is 5.97 Å². The molecule has 0 aromatic rings. The molecule has 2 atom stereocenters. The lowest BCUT2D eigenvalue weighted by Crippen LogP contribution is -2.43. The van der Waals surface area contributed by atoms with Gasteiger partial charge in [0.1, 0.15) is 0 Å². The number of carbonyl (C=O) groups is 2. The minimum absolute atomic E-state index is 0.0625. The molecule has 0 radical (unpaired) electrons. The summed E-state index contributed by atoms with van der Waals surface area (Å²) in [7, 11) is 1.79. The molecule has 0 saturated heterocycles. The number of urea groups is 1. The van der Waals surface area contributed by atoms with Crippen LogP contribution in [0.25, 0.3) is 0 Å². The first-order chi connectivity index (χ1) is 8.73. The summed E-state index contributed by atoms with van der Waals surface area (Å²) in [5.41, 5.74) is 0. The number of carboxylic acid groups (broad SMARTS) is 1. The molecule has 0 spiro atoms. The molecule has 0 aliphatic heterocycles. The molecule has 5 heteroatoms. The Hall–Kier alpha value is -1.26. The smallest absolute Gasteiger partial charge is 0.317 e. The number of hydrogen-bond acceptors (Lipinski definition) is 2. The summed E-state index contributed by atoms with van der Waals surface area (Å²) < 4.78 is 0. The topological polar surface area (TPSA) is 69.6 Å². The van der Waals surface area contributed by atoms with Gasteiger partial charge in [-0.25, -0.2) is 4.79 Å². The third kappa shape index (κ3) is 8.46. The minimum atomic E-state index is -0.756. The lowest BCUT2D eigenvalue weighted by molar-refractivity contribution is -0.141. The summed E-state index contributed by atoms with van der Waals surface area (Å²) in [6.07, 6.45) is 2.26. The third-order valence-electron chi connectivity index (χ3n) is 3.05. The van der Waals surface area contributed by atoms with Gasteiger partial charge < -0.3 is 15.3 Å². The number of rotatable bonds is 8. The Morgan fingerprint density at radius 1 is 1.16 bits per heavy atom. The highest BCUT2D eigenvalue weighted by Gasteiger charge is 2.14. The molecule has 0 bridgehead atoms. The van der Waals surface area contributed by atoms with Crippen molar-refractivity contribution in [1.29, 1.82) is 0 Å². The molecule has 0 rings (SSSR count). The number of amides is 2. The monoisotopic (exact) mass is 272 g/mol. The molecule has 0 saturated carbocycles. The summed E-state index contributed by atoms with van der Waals surface area (Å²) in [6, 6.07) is 0.00981. The number of carbonyl (C=O) groups excluding carboxylic acids is 1. The van der Waals surface area contributed by atoms with Gasteiger partial charge in [-0.3, -0.25) is 4.79 Å². The first-order valence-electron chi connectivity index (χ1n) is 6.98. The molecule has 112 valence electrons. The van der Waals surface area contributed by atoms with E-state index in [4.69, 9.17) is 5.11 Å². The average Bonchev–Trinajstić information content (AvgIpc) is 2.27. The number of nitrogens with zero attached hydrogens (tertiary/aromatic N) is 1. The highest BCUT2D eigenvalue weighted by Crippen LogP contribution is 2.09. The number of aliphatic carboxylic acids is 1. The summed E-state index contributed by atoms with van der Waals surface area (Å²) in [6.45, 7) is 8.53. The van der Waals surface area contributed by atoms with Gasteiger partial charge in [0.15, 0.2) is 0 Å². The summed E-state index contributed by atoms with van der Waals surface area (Å²) in [5, 5.41) is 11.7. The largest absolute Gasteiger partial charge is 0.481 e. The fourth-order valence-corrected chi connectivity index (χ4v) is 1.88. The molecule has 0 aromatic carbocycles. The van der Waals surface area contributed by atoms with Crippen molar-refractivity contribution in [2.75, 3.05) is 13.6 Å². The van der Waals surface area contributed by atoms with E-state index in [1.807, 2.05) is 6.92 Å². The van der Waals surface area contributed by atoms with Crippen molar-refractivity contribution in [3.05, 3.63) is 0 Å². The van der Waals surface area contributed by atoms with Gasteiger partial charge in [0.25, 0.3) is 0 Å². The van der Waals surface area contributed by atoms with E-state index in [2.05, 4.69) is 19.2 Å². The lowest BCUT2D eigenvalue weighted by atomic mass is 10.0. The Balaban J connectivity index is 3.88. The van der Waals surface area contributed by atoms with Crippen LogP contribution in [0.4, 0.5) is 4.79 Å². The second-order valence-electron chi connectivity index (χ2n) is 5.80. The van der Waals surface area contributed by atoms with Gasteiger partial charge >= 0.3 is 12.0 Å². The van der Waals surface area contributed by atoms with Gasteiger partial charge in [-0.05, 0) is 25.7 Å². The molecule has 0 aliphatic rings. The third-order valence-corrected chi connectivity index (χ3v) is 3.05. The molecular weight excluding hydrogens is 244 g/mol. The predicted molar refractivity (Wildman–Crippen MR) is 76.1 cm³/mol. The molecule has 0 fully saturated rings. The fourth-order valence-electron chi connectivity index (χ4n) is 1.88. The van der Waals surface area contributed by atoms with Crippen molar-refractivity contribution in [3.8, 4) is 0 Å². The molecule has 2 N–H and O–H groups in total. The standard InChI is InChI=1S/C14H28N2O3/c1-10(2)9-16(5)14(19)15-12(4)8-6-7-11(3)13(17)18/h10-12H,6-9H2,1-5H3,(H,15,19)(H,17,18). The van der Waals surface area contributed by atoms with E-state index in [0.717, 1.165) is 19.4 Å². The van der Waals surface area contributed by atoms with Gasteiger partial charge in [-0.2, -0.15) is 0 Å². The highest BCUT2D eigenvalue weighted by atomic mass is 16.4. The van der Waals surface area contributed by atoms with E-state index in [9.17, 15) is 9.59 Å². The maximum Gasteiger partial charge on any atom is 0.317 e. The van der Waals surface area contributed by atoms with Crippen LogP contribution in [0.1, 0.15) is 47.0 Å². The van der Waals surface area contributed by atoms with E-state index in [1.54, 1.807) is 18.9 Å². The van der Waals surface area contributed by atoms with E-state index in [0.29, 0.717) is 12.3 Å². The van der Waals surface area contributed by atoms with Crippen molar-refractivity contribution < 1.29 is 14.7 Å². The van der Waals surface area contributed by atoms with Crippen molar-refractivity contribution >= 4 is 12.0 Å². The number of nitrogens with one attached hydrogen (secondary N) is 1. The maximum absolute atomic E-state index is 11.8. The molecule has 0 heterocycles. The molecule has 5 nitrogen and oxygen atoms in total. The van der Waals surface area contributed by atoms with Crippen LogP contribution in [0.5, 0.6) is 0 Å². The van der Waals surface area contributed by atoms with Gasteiger partial charge in [0.2, 0.25) is 0 Å². The first-order valence-corrected chi connectivity index (χ1v) is 6.98. The van der Waals surface area contributed by atoms with E-state index >= 15 is 0 Å². The zero-order valence-corrected chi connectivity index (χ0v) is 12.8.